The Morgan fingerprint density at radius 1 is 1.04 bits per heavy atom. The van der Waals surface area contributed by atoms with Crippen molar-refractivity contribution in [3.63, 3.8) is 0 Å². The third-order valence-electron chi connectivity index (χ3n) is 4.29. The van der Waals surface area contributed by atoms with Gasteiger partial charge in [0.15, 0.2) is 0 Å². The van der Waals surface area contributed by atoms with E-state index in [1.165, 1.54) is 12.1 Å². The summed E-state index contributed by atoms with van der Waals surface area (Å²) in [7, 11) is 0. The number of imidazole rings is 1. The van der Waals surface area contributed by atoms with Crippen molar-refractivity contribution in [2.24, 2.45) is 0 Å². The average Bonchev–Trinajstić information content (AvgIpc) is 3.15. The molecule has 0 aliphatic rings. The Bertz CT molecular complexity index is 1070. The number of pyridine rings is 1. The normalized spacial score (nSPS) is 10.8. The molecular formula is C22H18FN3O2. The van der Waals surface area contributed by atoms with Crippen LogP contribution in [-0.4, -0.2) is 15.3 Å². The van der Waals surface area contributed by atoms with E-state index in [2.05, 4.69) is 10.3 Å². The minimum absolute atomic E-state index is 0.254. The highest BCUT2D eigenvalue weighted by atomic mass is 19.1. The third kappa shape index (κ3) is 4.01. The van der Waals surface area contributed by atoms with E-state index in [9.17, 15) is 9.18 Å². The third-order valence-corrected chi connectivity index (χ3v) is 4.29. The Labute approximate surface area is 161 Å². The number of halogens is 1. The van der Waals surface area contributed by atoms with Crippen molar-refractivity contribution >= 4 is 11.6 Å². The maximum Gasteiger partial charge on any atom is 0.255 e. The van der Waals surface area contributed by atoms with Gasteiger partial charge >= 0.3 is 0 Å². The van der Waals surface area contributed by atoms with E-state index in [0.717, 1.165) is 16.9 Å². The van der Waals surface area contributed by atoms with Crippen LogP contribution in [0.2, 0.25) is 0 Å². The predicted octanol–water partition coefficient (Wildman–Crippen LogP) is 3.98. The zero-order valence-electron chi connectivity index (χ0n) is 15.0. The van der Waals surface area contributed by atoms with Gasteiger partial charge in [-0.05, 0) is 42.0 Å². The first-order valence-electron chi connectivity index (χ1n) is 8.86. The van der Waals surface area contributed by atoms with Crippen LogP contribution >= 0.6 is 0 Å². The summed E-state index contributed by atoms with van der Waals surface area (Å²) in [5.74, 6) is -0.0770. The van der Waals surface area contributed by atoms with Crippen LogP contribution in [0.3, 0.4) is 0 Å². The van der Waals surface area contributed by atoms with Gasteiger partial charge in [0, 0.05) is 18.9 Å². The second-order valence-electron chi connectivity index (χ2n) is 6.29. The van der Waals surface area contributed by atoms with Crippen LogP contribution in [0.1, 0.15) is 21.6 Å². The molecule has 0 fully saturated rings. The molecule has 1 N–H and O–H groups in total. The molecule has 0 saturated heterocycles. The van der Waals surface area contributed by atoms with Gasteiger partial charge in [-0.25, -0.2) is 9.37 Å². The quantitative estimate of drug-likeness (QED) is 0.555. The number of aromatic nitrogens is 2. The van der Waals surface area contributed by atoms with Gasteiger partial charge < -0.3 is 14.5 Å². The molecule has 28 heavy (non-hydrogen) atoms. The number of benzene rings is 2. The van der Waals surface area contributed by atoms with Crippen LogP contribution in [0.4, 0.5) is 4.39 Å². The van der Waals surface area contributed by atoms with Crippen molar-refractivity contribution in [1.29, 1.82) is 0 Å². The van der Waals surface area contributed by atoms with Crippen LogP contribution in [0.15, 0.2) is 79.1 Å². The highest BCUT2D eigenvalue weighted by molar-refractivity contribution is 5.96. The lowest BCUT2D eigenvalue weighted by atomic mass is 10.1. The van der Waals surface area contributed by atoms with Crippen LogP contribution in [0.25, 0.3) is 5.65 Å². The highest BCUT2D eigenvalue weighted by Gasteiger charge is 2.12. The van der Waals surface area contributed by atoms with Gasteiger partial charge in [-0.2, -0.15) is 0 Å². The maximum absolute atomic E-state index is 13.0. The van der Waals surface area contributed by atoms with Gasteiger partial charge in [-0.15, -0.1) is 0 Å². The molecular weight excluding hydrogens is 357 g/mol. The summed E-state index contributed by atoms with van der Waals surface area (Å²) in [5, 5.41) is 2.83. The molecule has 0 saturated carbocycles. The van der Waals surface area contributed by atoms with Gasteiger partial charge in [-0.1, -0.05) is 30.3 Å². The van der Waals surface area contributed by atoms with Gasteiger partial charge in [-0.3, -0.25) is 4.79 Å². The van der Waals surface area contributed by atoms with Crippen LogP contribution in [0.5, 0.6) is 5.75 Å². The summed E-state index contributed by atoms with van der Waals surface area (Å²) in [6, 6.07) is 18.8. The first-order valence-corrected chi connectivity index (χ1v) is 8.86. The summed E-state index contributed by atoms with van der Waals surface area (Å²) >= 11 is 0. The van der Waals surface area contributed by atoms with Crippen molar-refractivity contribution in [2.75, 3.05) is 0 Å². The number of ether oxygens (including phenoxy) is 1. The number of amides is 1. The second-order valence-corrected chi connectivity index (χ2v) is 6.29. The van der Waals surface area contributed by atoms with E-state index in [1.54, 1.807) is 30.3 Å². The summed E-state index contributed by atoms with van der Waals surface area (Å²) in [6.45, 7) is 0.559. The number of fused-ring (bicyclic) bond motifs is 1. The molecule has 5 nitrogen and oxygen atoms in total. The van der Waals surface area contributed by atoms with E-state index >= 15 is 0 Å². The number of carbonyl (C=O) groups is 1. The topological polar surface area (TPSA) is 55.6 Å². The molecule has 140 valence electrons. The number of carbonyl (C=O) groups excluding carboxylic acids is 1. The lowest BCUT2D eigenvalue weighted by molar-refractivity contribution is 0.0946. The summed E-state index contributed by atoms with van der Waals surface area (Å²) in [6.07, 6.45) is 3.81. The molecule has 0 atom stereocenters. The second kappa shape index (κ2) is 7.92. The van der Waals surface area contributed by atoms with Crippen molar-refractivity contribution in [1.82, 2.24) is 14.7 Å². The number of nitrogens with zero attached hydrogens (tertiary/aromatic N) is 2. The van der Waals surface area contributed by atoms with E-state index in [4.69, 9.17) is 4.74 Å². The minimum Gasteiger partial charge on any atom is -0.486 e. The molecule has 6 heteroatoms. The zero-order chi connectivity index (χ0) is 19.3. The lowest BCUT2D eigenvalue weighted by Crippen LogP contribution is -2.23. The smallest absolute Gasteiger partial charge is 0.255 e. The Morgan fingerprint density at radius 3 is 2.64 bits per heavy atom. The fourth-order valence-electron chi connectivity index (χ4n) is 2.87. The van der Waals surface area contributed by atoms with Gasteiger partial charge in [0.2, 0.25) is 0 Å². The molecule has 0 radical (unpaired) electrons. The fourth-order valence-corrected chi connectivity index (χ4v) is 2.87. The lowest BCUT2D eigenvalue weighted by Gasteiger charge is -2.11. The van der Waals surface area contributed by atoms with Crippen molar-refractivity contribution in [3.05, 3.63) is 102 Å². The molecule has 0 unspecified atom stereocenters. The van der Waals surface area contributed by atoms with Gasteiger partial charge in [0.25, 0.3) is 5.91 Å². The number of hydrogen-bond acceptors (Lipinski definition) is 3. The molecule has 1 amide bonds. The minimum atomic E-state index is -0.305. The number of hydrogen-bond donors (Lipinski definition) is 1. The summed E-state index contributed by atoms with van der Waals surface area (Å²) < 4.78 is 20.8. The first kappa shape index (κ1) is 17.7. The van der Waals surface area contributed by atoms with E-state index in [0.29, 0.717) is 17.9 Å². The standard InChI is InChI=1S/C22H18FN3O2/c23-17-10-8-16(9-11-17)13-24-22(27)19-5-1-2-6-20(19)28-15-18-14-26-12-4-3-7-21(26)25-18/h1-12,14H,13,15H2,(H,24,27). The van der Waals surface area contributed by atoms with Crippen LogP contribution < -0.4 is 10.1 Å². The molecule has 2 heterocycles. The molecule has 4 aromatic rings. The number of rotatable bonds is 6. The molecule has 2 aromatic heterocycles. The van der Waals surface area contributed by atoms with Crippen LogP contribution in [-0.2, 0) is 13.2 Å². The van der Waals surface area contributed by atoms with Crippen LogP contribution in [0, 0.1) is 5.82 Å². The molecule has 2 aromatic carbocycles. The van der Waals surface area contributed by atoms with Gasteiger partial charge in [0.05, 0.1) is 11.3 Å². The van der Waals surface area contributed by atoms with Crippen molar-refractivity contribution in [3.8, 4) is 5.75 Å². The van der Waals surface area contributed by atoms with E-state index < -0.39 is 0 Å². The molecule has 0 aliphatic carbocycles. The summed E-state index contributed by atoms with van der Waals surface area (Å²) in [5.41, 5.74) is 2.87. The predicted molar refractivity (Wildman–Crippen MR) is 104 cm³/mol. The molecule has 4 rings (SSSR count). The average molecular weight is 375 g/mol. The number of nitrogens with one attached hydrogen (secondary N) is 1. The highest BCUT2D eigenvalue weighted by Crippen LogP contribution is 2.19. The monoisotopic (exact) mass is 375 g/mol. The molecule has 0 bridgehead atoms. The SMILES string of the molecule is O=C(NCc1ccc(F)cc1)c1ccccc1OCc1cn2ccccc2n1. The Balaban J connectivity index is 1.43. The molecule has 0 aliphatic heterocycles. The zero-order valence-corrected chi connectivity index (χ0v) is 15.0. The van der Waals surface area contributed by atoms with Crippen molar-refractivity contribution in [2.45, 2.75) is 13.2 Å². The number of para-hydroxylation sites is 1. The largest absolute Gasteiger partial charge is 0.486 e. The van der Waals surface area contributed by atoms with E-state index in [1.807, 2.05) is 41.1 Å². The van der Waals surface area contributed by atoms with E-state index in [-0.39, 0.29) is 18.3 Å². The fraction of sp³-hybridized carbons (Fsp3) is 0.0909. The Kier molecular flexibility index (Phi) is 5.01. The van der Waals surface area contributed by atoms with Crippen molar-refractivity contribution < 1.29 is 13.9 Å². The summed E-state index contributed by atoms with van der Waals surface area (Å²) in [4.78, 5) is 17.1. The first-order chi connectivity index (χ1) is 13.7. The Morgan fingerprint density at radius 2 is 1.82 bits per heavy atom. The Hall–Kier alpha value is -3.67. The maximum atomic E-state index is 13.0. The molecule has 0 spiro atoms. The van der Waals surface area contributed by atoms with Gasteiger partial charge in [0.1, 0.15) is 23.8 Å².